The summed E-state index contributed by atoms with van der Waals surface area (Å²) in [6.07, 6.45) is 0. The Hall–Kier alpha value is -3.72. The first-order valence-electron chi connectivity index (χ1n) is 9.98. The summed E-state index contributed by atoms with van der Waals surface area (Å²) in [6.45, 7) is 1.93. The van der Waals surface area contributed by atoms with E-state index in [2.05, 4.69) is 0 Å². The summed E-state index contributed by atoms with van der Waals surface area (Å²) in [5.41, 5.74) is 5.65. The molecule has 0 saturated heterocycles. The van der Waals surface area contributed by atoms with E-state index in [0.717, 1.165) is 27.8 Å². The summed E-state index contributed by atoms with van der Waals surface area (Å²) in [5, 5.41) is 0. The van der Waals surface area contributed by atoms with Crippen LogP contribution >= 0.6 is 0 Å². The molecule has 166 valence electrons. The van der Waals surface area contributed by atoms with E-state index < -0.39 is 11.9 Å². The van der Waals surface area contributed by atoms with Crippen LogP contribution in [0, 0.1) is 6.92 Å². The van der Waals surface area contributed by atoms with Gasteiger partial charge in [0.2, 0.25) is 0 Å². The van der Waals surface area contributed by atoms with Crippen LogP contribution in [0.2, 0.25) is 0 Å². The molecule has 0 fully saturated rings. The van der Waals surface area contributed by atoms with Crippen LogP contribution in [0.25, 0.3) is 22.1 Å². The summed E-state index contributed by atoms with van der Waals surface area (Å²) in [5.74, 6) is -1.29. The molecule has 2 aromatic carbocycles. The summed E-state index contributed by atoms with van der Waals surface area (Å²) in [4.78, 5) is 38.0. The minimum Gasteiger partial charge on any atom is -0.466 e. The maximum absolute atomic E-state index is 12.6. The fraction of sp³-hybridized carbons (Fsp3) is 0.304. The largest absolute Gasteiger partial charge is 0.466 e. The smallest absolute Gasteiger partial charge is 0.355 e. The van der Waals surface area contributed by atoms with Gasteiger partial charge in [-0.25, -0.2) is 19.6 Å². The Morgan fingerprint density at radius 1 is 0.969 bits per heavy atom. The average molecular weight is 436 g/mol. The highest BCUT2D eigenvalue weighted by molar-refractivity contribution is 6.04. The van der Waals surface area contributed by atoms with Gasteiger partial charge in [-0.2, -0.15) is 0 Å². The van der Waals surface area contributed by atoms with Gasteiger partial charge in [0.15, 0.2) is 0 Å². The second-order valence-electron chi connectivity index (χ2n) is 7.63. The zero-order chi connectivity index (χ0) is 23.0. The predicted octanol–water partition coefficient (Wildman–Crippen LogP) is 2.55. The molecule has 2 heterocycles. The summed E-state index contributed by atoms with van der Waals surface area (Å²) in [6, 6.07) is 9.65. The number of aromatic nitrogens is 2. The van der Waals surface area contributed by atoms with Crippen LogP contribution in [0.15, 0.2) is 41.6 Å². The van der Waals surface area contributed by atoms with Crippen LogP contribution in [0.1, 0.15) is 5.56 Å². The lowest BCUT2D eigenvalue weighted by Crippen LogP contribution is -2.39. The van der Waals surface area contributed by atoms with E-state index in [4.69, 9.17) is 24.2 Å². The summed E-state index contributed by atoms with van der Waals surface area (Å²) in [7, 11) is 6.46. The molecule has 0 saturated carbocycles. The van der Waals surface area contributed by atoms with E-state index in [1.54, 1.807) is 4.90 Å². The molecule has 0 aliphatic carbocycles. The molecule has 1 aliphatic heterocycles. The fourth-order valence-corrected chi connectivity index (χ4v) is 3.71. The standard InChI is InChI=1S/C23H24N4O5/c1-13-8-17-19(25-18-9-14(26(2)3)6-7-16(18)24-17)10-20(13)27-12-32-11-15(22(28)30-4)21(27)23(29)31-5/h6-10H,11-12H2,1-5H3. The van der Waals surface area contributed by atoms with Crippen molar-refractivity contribution < 1.29 is 23.8 Å². The zero-order valence-electron chi connectivity index (χ0n) is 18.6. The van der Waals surface area contributed by atoms with Crippen molar-refractivity contribution >= 4 is 45.4 Å². The minimum atomic E-state index is -0.645. The summed E-state index contributed by atoms with van der Waals surface area (Å²) < 4.78 is 15.4. The fourth-order valence-electron chi connectivity index (χ4n) is 3.71. The van der Waals surface area contributed by atoms with E-state index in [0.29, 0.717) is 11.2 Å². The normalized spacial score (nSPS) is 14.1. The number of ether oxygens (including phenoxy) is 3. The van der Waals surface area contributed by atoms with Crippen LogP contribution in [0.5, 0.6) is 0 Å². The lowest BCUT2D eigenvalue weighted by molar-refractivity contribution is -0.140. The number of rotatable bonds is 4. The van der Waals surface area contributed by atoms with Crippen molar-refractivity contribution in [2.75, 3.05) is 51.5 Å². The van der Waals surface area contributed by atoms with Gasteiger partial charge in [-0.3, -0.25) is 0 Å². The number of nitrogens with zero attached hydrogens (tertiary/aromatic N) is 4. The number of fused-ring (bicyclic) bond motifs is 2. The van der Waals surface area contributed by atoms with E-state index in [-0.39, 0.29) is 24.6 Å². The third kappa shape index (κ3) is 3.71. The van der Waals surface area contributed by atoms with Gasteiger partial charge < -0.3 is 24.0 Å². The molecule has 1 aliphatic rings. The molecule has 0 amide bonds. The molecule has 0 N–H and O–H groups in total. The van der Waals surface area contributed by atoms with Crippen LogP contribution in [0.4, 0.5) is 11.4 Å². The quantitative estimate of drug-likeness (QED) is 0.452. The van der Waals surface area contributed by atoms with Gasteiger partial charge in [0.05, 0.1) is 48.5 Å². The lowest BCUT2D eigenvalue weighted by Gasteiger charge is -2.32. The maximum atomic E-state index is 12.6. The second-order valence-corrected chi connectivity index (χ2v) is 7.63. The van der Waals surface area contributed by atoms with Crippen molar-refractivity contribution in [2.24, 2.45) is 0 Å². The number of benzene rings is 2. The molecule has 9 heteroatoms. The molecule has 9 nitrogen and oxygen atoms in total. The van der Waals surface area contributed by atoms with Crippen molar-refractivity contribution in [3.63, 3.8) is 0 Å². The lowest BCUT2D eigenvalue weighted by atomic mass is 10.1. The zero-order valence-corrected chi connectivity index (χ0v) is 18.6. The molecule has 32 heavy (non-hydrogen) atoms. The number of carbonyl (C=O) groups is 2. The van der Waals surface area contributed by atoms with Gasteiger partial charge in [-0.15, -0.1) is 0 Å². The number of hydrogen-bond acceptors (Lipinski definition) is 9. The van der Waals surface area contributed by atoms with Crippen LogP contribution < -0.4 is 9.80 Å². The molecule has 0 unspecified atom stereocenters. The Bertz CT molecular complexity index is 1270. The second kappa shape index (κ2) is 8.43. The first-order valence-corrected chi connectivity index (χ1v) is 9.98. The van der Waals surface area contributed by atoms with Gasteiger partial charge >= 0.3 is 11.9 Å². The first kappa shape index (κ1) is 21.5. The Balaban J connectivity index is 1.90. The number of hydrogen-bond donors (Lipinski definition) is 0. The number of esters is 2. The topological polar surface area (TPSA) is 94.1 Å². The molecule has 0 spiro atoms. The Morgan fingerprint density at radius 2 is 1.62 bits per heavy atom. The first-order chi connectivity index (χ1) is 15.3. The third-order valence-electron chi connectivity index (χ3n) is 5.37. The molecule has 0 atom stereocenters. The van der Waals surface area contributed by atoms with Gasteiger partial charge in [0, 0.05) is 25.5 Å². The average Bonchev–Trinajstić information content (AvgIpc) is 2.80. The van der Waals surface area contributed by atoms with E-state index >= 15 is 0 Å². The highest BCUT2D eigenvalue weighted by Crippen LogP contribution is 2.32. The van der Waals surface area contributed by atoms with E-state index in [1.165, 1.54) is 14.2 Å². The Kier molecular flexibility index (Phi) is 5.67. The third-order valence-corrected chi connectivity index (χ3v) is 5.37. The molecule has 0 radical (unpaired) electrons. The number of anilines is 2. The minimum absolute atomic E-state index is 0.0437. The van der Waals surface area contributed by atoms with Crippen molar-refractivity contribution in [3.8, 4) is 0 Å². The summed E-state index contributed by atoms with van der Waals surface area (Å²) >= 11 is 0. The molecule has 0 bridgehead atoms. The molecule has 4 rings (SSSR count). The van der Waals surface area contributed by atoms with E-state index in [9.17, 15) is 9.59 Å². The number of carbonyl (C=O) groups excluding carboxylic acids is 2. The van der Waals surface area contributed by atoms with Crippen molar-refractivity contribution in [2.45, 2.75) is 6.92 Å². The van der Waals surface area contributed by atoms with E-state index in [1.807, 2.05) is 56.3 Å². The highest BCUT2D eigenvalue weighted by atomic mass is 16.5. The molecular weight excluding hydrogens is 412 g/mol. The van der Waals surface area contributed by atoms with Crippen LogP contribution in [-0.4, -0.2) is 63.6 Å². The van der Waals surface area contributed by atoms with Gasteiger partial charge in [-0.1, -0.05) is 0 Å². The monoisotopic (exact) mass is 436 g/mol. The Labute approximate surface area is 185 Å². The maximum Gasteiger partial charge on any atom is 0.355 e. The van der Waals surface area contributed by atoms with Crippen molar-refractivity contribution in [1.82, 2.24) is 9.97 Å². The van der Waals surface area contributed by atoms with Crippen LogP contribution in [0.3, 0.4) is 0 Å². The van der Waals surface area contributed by atoms with Crippen LogP contribution in [-0.2, 0) is 23.8 Å². The van der Waals surface area contributed by atoms with Crippen molar-refractivity contribution in [3.05, 3.63) is 47.2 Å². The predicted molar refractivity (Wildman–Crippen MR) is 120 cm³/mol. The van der Waals surface area contributed by atoms with Gasteiger partial charge in [-0.05, 0) is 42.8 Å². The molecular formula is C23H24N4O5. The molecule has 1 aromatic heterocycles. The SMILES string of the molecule is COC(=O)C1=C(C(=O)OC)N(c2cc3nc4cc(N(C)C)ccc4nc3cc2C)COC1. The number of methoxy groups -OCH3 is 2. The molecule has 3 aromatic rings. The van der Waals surface area contributed by atoms with Gasteiger partial charge in [0.1, 0.15) is 12.4 Å². The van der Waals surface area contributed by atoms with Crippen molar-refractivity contribution in [1.29, 1.82) is 0 Å². The van der Waals surface area contributed by atoms with Gasteiger partial charge in [0.25, 0.3) is 0 Å². The highest BCUT2D eigenvalue weighted by Gasteiger charge is 2.33. The Morgan fingerprint density at radius 3 is 2.31 bits per heavy atom. The number of aryl methyl sites for hydroxylation is 1.